The number of para-hydroxylation sites is 4. The van der Waals surface area contributed by atoms with Gasteiger partial charge in [0.15, 0.2) is 0 Å². The molecule has 7 heteroatoms. The van der Waals surface area contributed by atoms with Gasteiger partial charge in [0.05, 0.1) is 44.3 Å². The van der Waals surface area contributed by atoms with Crippen LogP contribution in [0.3, 0.4) is 0 Å². The molecule has 0 saturated carbocycles. The summed E-state index contributed by atoms with van der Waals surface area (Å²) in [6, 6.07) is 89.8. The molecule has 0 bridgehead atoms. The standard InChI is InChI=1S/C73H51N7/c1-3-18-60-62-45-56(31-37-70(62)78(68(60)4-2)51-21-8-5-9-22-51)76(54-29-35-66-49(43-54)19-16-41-74-66)58-33-39-72-64(47-58)65-48-59(34-40-73(65)80(72)53-25-12-7-13-26-53)77(55-30-36-67-50(44-55)20-17-42-75-67)57-32-38-71-63(46-57)61-27-14-15-28-69(61)79(71)52-23-10-6-11-24-52/h3-48H,2H2,1H3/b18-3-. The molecule has 10 aromatic carbocycles. The Balaban J connectivity index is 0.970. The van der Waals surface area contributed by atoms with E-state index < -0.39 is 0 Å². The highest BCUT2D eigenvalue weighted by atomic mass is 15.2. The van der Waals surface area contributed by atoms with Crippen LogP contribution in [0.4, 0.5) is 34.1 Å². The van der Waals surface area contributed by atoms with Crippen molar-refractivity contribution >= 4 is 123 Å². The molecule has 0 aliphatic rings. The van der Waals surface area contributed by atoms with Gasteiger partial charge in [-0.05, 0) is 177 Å². The molecule has 15 aromatic rings. The van der Waals surface area contributed by atoms with E-state index in [-0.39, 0.29) is 0 Å². The van der Waals surface area contributed by atoms with E-state index in [1.807, 2.05) is 30.6 Å². The van der Waals surface area contributed by atoms with Crippen molar-refractivity contribution in [1.29, 1.82) is 0 Å². The molecule has 0 saturated heterocycles. The number of allylic oxidation sites excluding steroid dienone is 1. The highest BCUT2D eigenvalue weighted by molar-refractivity contribution is 6.14. The number of rotatable bonds is 11. The maximum Gasteiger partial charge on any atom is 0.0703 e. The van der Waals surface area contributed by atoms with Crippen LogP contribution in [0.1, 0.15) is 18.2 Å². The van der Waals surface area contributed by atoms with E-state index in [0.29, 0.717) is 0 Å². The zero-order chi connectivity index (χ0) is 53.3. The molecule has 0 radical (unpaired) electrons. The Morgan fingerprint density at radius 1 is 0.350 bits per heavy atom. The summed E-state index contributed by atoms with van der Waals surface area (Å²) in [5.74, 6) is 0. The zero-order valence-electron chi connectivity index (χ0n) is 43.9. The Labute approximate surface area is 462 Å². The number of hydrogen-bond acceptors (Lipinski definition) is 4. The minimum absolute atomic E-state index is 0.944. The maximum absolute atomic E-state index is 4.73. The van der Waals surface area contributed by atoms with E-state index in [1.165, 1.54) is 16.3 Å². The maximum atomic E-state index is 4.73. The molecule has 0 unspecified atom stereocenters. The molecule has 7 nitrogen and oxygen atoms in total. The first-order valence-corrected chi connectivity index (χ1v) is 27.1. The van der Waals surface area contributed by atoms with E-state index in [1.54, 1.807) is 0 Å². The number of hydrogen-bond donors (Lipinski definition) is 0. The SMILES string of the molecule is C=Cc1c(/C=C\C)c2cc(N(c3ccc4ncccc4c3)c3ccc4c(c3)c3cc(N(c5ccc6ncccc6c5)c5ccc6c(c5)c5ccccc5n6-c5ccccc5)ccc3n4-c3ccccc3)ccc2n1-c1ccccc1. The Morgan fingerprint density at radius 3 is 1.19 bits per heavy atom. The molecular weight excluding hydrogens is 975 g/mol. The zero-order valence-corrected chi connectivity index (χ0v) is 43.9. The van der Waals surface area contributed by atoms with Gasteiger partial charge < -0.3 is 23.5 Å². The summed E-state index contributed by atoms with van der Waals surface area (Å²) in [6.45, 7) is 6.41. The highest BCUT2D eigenvalue weighted by Gasteiger charge is 2.24. The fraction of sp³-hybridized carbons (Fsp3) is 0.0137. The molecule has 0 fully saturated rings. The first-order chi connectivity index (χ1) is 39.6. The molecular formula is C73H51N7. The summed E-state index contributed by atoms with van der Waals surface area (Å²) < 4.78 is 7.09. The second kappa shape index (κ2) is 19.1. The number of aromatic nitrogens is 5. The van der Waals surface area contributed by atoms with Crippen molar-refractivity contribution in [2.75, 3.05) is 9.80 Å². The highest BCUT2D eigenvalue weighted by Crippen LogP contribution is 2.46. The minimum atomic E-state index is 0.944. The second-order valence-corrected chi connectivity index (χ2v) is 20.3. The third-order valence-electron chi connectivity index (χ3n) is 15.7. The lowest BCUT2D eigenvalue weighted by molar-refractivity contribution is 1.11. The summed E-state index contributed by atoms with van der Waals surface area (Å²) >= 11 is 0. The number of fused-ring (bicyclic) bond motifs is 9. The molecule has 15 rings (SSSR count). The monoisotopic (exact) mass is 1030 g/mol. The van der Waals surface area contributed by atoms with Gasteiger partial charge in [-0.2, -0.15) is 0 Å². The minimum Gasteiger partial charge on any atom is -0.310 e. The van der Waals surface area contributed by atoms with Gasteiger partial charge in [-0.15, -0.1) is 0 Å². The van der Waals surface area contributed by atoms with Crippen LogP contribution < -0.4 is 9.80 Å². The lowest BCUT2D eigenvalue weighted by Crippen LogP contribution is -2.10. The summed E-state index contributed by atoms with van der Waals surface area (Å²) in [4.78, 5) is 14.3. The van der Waals surface area contributed by atoms with E-state index in [0.717, 1.165) is 122 Å². The quantitative estimate of drug-likeness (QED) is 0.130. The largest absolute Gasteiger partial charge is 0.310 e. The molecule has 5 aromatic heterocycles. The molecule has 0 atom stereocenters. The number of nitrogens with zero attached hydrogens (tertiary/aromatic N) is 7. The van der Waals surface area contributed by atoms with Crippen molar-refractivity contribution < 1.29 is 0 Å². The normalized spacial score (nSPS) is 11.8. The van der Waals surface area contributed by atoms with Crippen LogP contribution in [0, 0.1) is 0 Å². The van der Waals surface area contributed by atoms with Crippen molar-refractivity contribution in [3.05, 3.63) is 285 Å². The van der Waals surface area contributed by atoms with Crippen LogP contribution in [-0.2, 0) is 0 Å². The molecule has 0 aliphatic carbocycles. The molecule has 0 N–H and O–H groups in total. The molecule has 0 amide bonds. The lowest BCUT2D eigenvalue weighted by atomic mass is 10.1. The lowest BCUT2D eigenvalue weighted by Gasteiger charge is -2.26. The molecule has 0 aliphatic heterocycles. The van der Waals surface area contributed by atoms with E-state index in [9.17, 15) is 0 Å². The van der Waals surface area contributed by atoms with Crippen molar-refractivity contribution in [2.45, 2.75) is 6.92 Å². The van der Waals surface area contributed by atoms with Crippen LogP contribution in [0.15, 0.2) is 274 Å². The van der Waals surface area contributed by atoms with E-state index in [4.69, 9.17) is 9.97 Å². The van der Waals surface area contributed by atoms with Crippen LogP contribution >= 0.6 is 0 Å². The van der Waals surface area contributed by atoms with Gasteiger partial charge in [0.2, 0.25) is 0 Å². The Bertz CT molecular complexity index is 4930. The van der Waals surface area contributed by atoms with Gasteiger partial charge in [0, 0.05) is 107 Å². The fourth-order valence-corrected chi connectivity index (χ4v) is 12.2. The topological polar surface area (TPSA) is 47.1 Å². The van der Waals surface area contributed by atoms with Crippen molar-refractivity contribution in [3.8, 4) is 17.1 Å². The number of pyridine rings is 2. The predicted molar refractivity (Wildman–Crippen MR) is 337 cm³/mol. The summed E-state index contributed by atoms with van der Waals surface area (Å²) in [6.07, 6.45) is 10.0. The van der Waals surface area contributed by atoms with E-state index >= 15 is 0 Å². The number of benzene rings is 10. The Morgan fingerprint density at radius 2 is 0.725 bits per heavy atom. The van der Waals surface area contributed by atoms with Crippen LogP contribution in [-0.4, -0.2) is 23.7 Å². The first kappa shape index (κ1) is 46.5. The van der Waals surface area contributed by atoms with Gasteiger partial charge in [-0.3, -0.25) is 9.97 Å². The van der Waals surface area contributed by atoms with Crippen LogP contribution in [0.25, 0.3) is 106 Å². The third-order valence-corrected chi connectivity index (χ3v) is 15.7. The summed E-state index contributed by atoms with van der Waals surface area (Å²) in [5, 5.41) is 7.89. The Hall–Kier alpha value is -10.8. The predicted octanol–water partition coefficient (Wildman–Crippen LogP) is 19.5. The van der Waals surface area contributed by atoms with Crippen molar-refractivity contribution in [1.82, 2.24) is 23.7 Å². The van der Waals surface area contributed by atoms with Crippen molar-refractivity contribution in [3.63, 3.8) is 0 Å². The molecule has 0 spiro atoms. The Kier molecular flexibility index (Phi) is 11.1. The van der Waals surface area contributed by atoms with Gasteiger partial charge in [-0.1, -0.05) is 104 Å². The third kappa shape index (κ3) is 7.58. The first-order valence-electron chi connectivity index (χ1n) is 27.1. The molecule has 5 heterocycles. The van der Waals surface area contributed by atoms with Crippen LogP contribution in [0.5, 0.6) is 0 Å². The second-order valence-electron chi connectivity index (χ2n) is 20.3. The average molecular weight is 1030 g/mol. The van der Waals surface area contributed by atoms with Gasteiger partial charge in [-0.25, -0.2) is 0 Å². The van der Waals surface area contributed by atoms with Gasteiger partial charge in [0.25, 0.3) is 0 Å². The number of anilines is 6. The van der Waals surface area contributed by atoms with Gasteiger partial charge >= 0.3 is 0 Å². The van der Waals surface area contributed by atoms with Crippen LogP contribution in [0.2, 0.25) is 0 Å². The smallest absolute Gasteiger partial charge is 0.0703 e. The summed E-state index contributed by atoms with van der Waals surface area (Å²) in [7, 11) is 0. The average Bonchev–Trinajstić information content (AvgIpc) is 4.25. The molecule has 378 valence electrons. The fourth-order valence-electron chi connectivity index (χ4n) is 12.2. The summed E-state index contributed by atoms with van der Waals surface area (Å²) in [5.41, 5.74) is 19.2. The van der Waals surface area contributed by atoms with E-state index in [2.05, 4.69) is 286 Å². The molecule has 80 heavy (non-hydrogen) atoms. The van der Waals surface area contributed by atoms with Crippen molar-refractivity contribution in [2.24, 2.45) is 0 Å². The van der Waals surface area contributed by atoms with Gasteiger partial charge in [0.1, 0.15) is 0 Å².